The summed E-state index contributed by atoms with van der Waals surface area (Å²) in [4.78, 5) is 15.3. The molecule has 1 aromatic heterocycles. The zero-order valence-electron chi connectivity index (χ0n) is 21.0. The Balaban J connectivity index is 1.89. The number of likely N-dealkylation sites (tertiary alicyclic amines) is 1. The minimum atomic E-state index is -4.70. The number of aromatic nitrogens is 1. The smallest absolute Gasteiger partial charge is 0.416 e. The Kier molecular flexibility index (Phi) is 7.55. The average Bonchev–Trinajstić information content (AvgIpc) is 3.47. The number of fused-ring (bicyclic) bond motifs is 1. The minimum Gasteiger partial charge on any atom is -0.506 e. The second-order valence-corrected chi connectivity index (χ2v) is 11.5. The van der Waals surface area contributed by atoms with E-state index in [1.165, 1.54) is 6.07 Å². The van der Waals surface area contributed by atoms with Gasteiger partial charge in [0.15, 0.2) is 0 Å². The number of phenolic OH excluding ortho intramolecular Hbond substituents is 1. The molecular formula is C27H26BrF3N2O5S. The van der Waals surface area contributed by atoms with Crippen molar-refractivity contribution < 1.29 is 36.2 Å². The van der Waals surface area contributed by atoms with Crippen LogP contribution in [0, 0.1) is 0 Å². The number of carbonyl (C=O) groups is 1. The summed E-state index contributed by atoms with van der Waals surface area (Å²) in [5, 5.41) is 11.5. The number of ether oxygens (including phenoxy) is 1. The fourth-order valence-corrected chi connectivity index (χ4v) is 6.44. The van der Waals surface area contributed by atoms with E-state index in [0.717, 1.165) is 44.1 Å². The number of carbonyl (C=O) groups excluding carboxylic acids is 1. The van der Waals surface area contributed by atoms with E-state index in [1.54, 1.807) is 17.6 Å². The number of hydrogen-bond donors (Lipinski definition) is 1. The van der Waals surface area contributed by atoms with Gasteiger partial charge in [0.2, 0.25) is 10.3 Å². The summed E-state index contributed by atoms with van der Waals surface area (Å²) < 4.78 is 73.8. The normalized spacial score (nSPS) is 16.1. The molecule has 0 spiro atoms. The van der Waals surface area contributed by atoms with Crippen LogP contribution in [0.3, 0.4) is 0 Å². The van der Waals surface area contributed by atoms with Crippen LogP contribution < -0.4 is 0 Å². The molecule has 1 aliphatic heterocycles. The molecule has 0 unspecified atom stereocenters. The lowest BCUT2D eigenvalue weighted by Crippen LogP contribution is -2.19. The number of nitrogens with zero attached hydrogens (tertiary/aromatic N) is 2. The Morgan fingerprint density at radius 1 is 1.18 bits per heavy atom. The van der Waals surface area contributed by atoms with E-state index in [1.807, 2.05) is 0 Å². The van der Waals surface area contributed by atoms with Crippen molar-refractivity contribution in [2.24, 2.45) is 0 Å². The summed E-state index contributed by atoms with van der Waals surface area (Å²) in [7, 11) is -3.03. The molecule has 3 aromatic rings. The van der Waals surface area contributed by atoms with Crippen LogP contribution in [0.2, 0.25) is 0 Å². The summed E-state index contributed by atoms with van der Waals surface area (Å²) in [6, 6.07) is 5.50. The number of rotatable bonds is 7. The number of hydrogen-bond acceptors (Lipinski definition) is 6. The lowest BCUT2D eigenvalue weighted by atomic mass is 9.99. The van der Waals surface area contributed by atoms with Gasteiger partial charge in [-0.2, -0.15) is 21.6 Å². The fourth-order valence-electron chi connectivity index (χ4n) is 5.31. The second-order valence-electron chi connectivity index (χ2n) is 9.75. The third-order valence-electron chi connectivity index (χ3n) is 7.13. The van der Waals surface area contributed by atoms with Crippen LogP contribution in [0.15, 0.2) is 34.8 Å². The quantitative estimate of drug-likeness (QED) is 0.206. The highest BCUT2D eigenvalue weighted by Gasteiger charge is 2.38. The molecule has 0 atom stereocenters. The van der Waals surface area contributed by atoms with Crippen molar-refractivity contribution in [1.29, 1.82) is 0 Å². The van der Waals surface area contributed by atoms with E-state index in [9.17, 15) is 31.5 Å². The van der Waals surface area contributed by atoms with Gasteiger partial charge >= 0.3 is 12.1 Å². The predicted molar refractivity (Wildman–Crippen MR) is 144 cm³/mol. The van der Waals surface area contributed by atoms with E-state index < -0.39 is 32.9 Å². The van der Waals surface area contributed by atoms with Crippen molar-refractivity contribution in [3.05, 3.63) is 62.8 Å². The van der Waals surface area contributed by atoms with Gasteiger partial charge in [0.25, 0.3) is 0 Å². The van der Waals surface area contributed by atoms with E-state index in [2.05, 4.69) is 20.8 Å². The van der Waals surface area contributed by atoms with E-state index >= 15 is 0 Å². The maximum Gasteiger partial charge on any atom is 0.416 e. The van der Waals surface area contributed by atoms with Gasteiger partial charge in [-0.15, -0.1) is 0 Å². The molecule has 0 radical (unpaired) electrons. The summed E-state index contributed by atoms with van der Waals surface area (Å²) in [6.07, 6.45) is -1.34. The number of benzene rings is 2. The molecule has 0 bridgehead atoms. The van der Waals surface area contributed by atoms with Crippen LogP contribution >= 0.6 is 15.9 Å². The van der Waals surface area contributed by atoms with Crippen LogP contribution in [0.4, 0.5) is 13.2 Å². The number of alkyl halides is 3. The molecule has 1 saturated carbocycles. The molecule has 1 N–H and O–H groups in total. The van der Waals surface area contributed by atoms with Crippen molar-refractivity contribution in [3.8, 4) is 5.75 Å². The average molecular weight is 627 g/mol. The molecule has 1 saturated heterocycles. The zero-order valence-corrected chi connectivity index (χ0v) is 23.4. The van der Waals surface area contributed by atoms with Gasteiger partial charge in [-0.3, -0.25) is 4.90 Å². The number of phenols is 1. The van der Waals surface area contributed by atoms with E-state index in [0.29, 0.717) is 40.3 Å². The van der Waals surface area contributed by atoms with Crippen molar-refractivity contribution in [2.75, 3.05) is 19.7 Å². The van der Waals surface area contributed by atoms with Gasteiger partial charge in [-0.1, -0.05) is 12.1 Å². The molecule has 12 heteroatoms. The van der Waals surface area contributed by atoms with Crippen LogP contribution in [-0.4, -0.2) is 53.5 Å². The molecule has 2 aliphatic rings. The Morgan fingerprint density at radius 3 is 2.46 bits per heavy atom. The highest BCUT2D eigenvalue weighted by atomic mass is 79.9. The number of esters is 1. The minimum absolute atomic E-state index is 0.00228. The molecule has 7 nitrogen and oxygen atoms in total. The standard InChI is InChI=1S/C27H26BrF3N2O5S/c1-2-38-26(35)22-21-18(14-32-10-3-4-11-32)24(34)19(28)13-20(21)33(17-8-9-17)23(22)25(39(36)37)15-6-5-7-16(12-15)27(29,30)31/h5-7,12-13,17,34H,2-4,8-11,14H2,1H3. The van der Waals surface area contributed by atoms with Gasteiger partial charge in [0.1, 0.15) is 10.6 Å². The van der Waals surface area contributed by atoms with Crippen LogP contribution in [0.25, 0.3) is 10.9 Å². The molecular weight excluding hydrogens is 601 g/mol. The molecule has 208 valence electrons. The largest absolute Gasteiger partial charge is 0.506 e. The van der Waals surface area contributed by atoms with Gasteiger partial charge in [-0.25, -0.2) is 4.79 Å². The lowest BCUT2D eigenvalue weighted by molar-refractivity contribution is -0.137. The van der Waals surface area contributed by atoms with Crippen LogP contribution in [0.5, 0.6) is 5.75 Å². The first-order valence-electron chi connectivity index (χ1n) is 12.6. The lowest BCUT2D eigenvalue weighted by Gasteiger charge is -2.18. The summed E-state index contributed by atoms with van der Waals surface area (Å²) in [5.41, 5.74) is -0.372. The second kappa shape index (κ2) is 10.6. The molecule has 5 rings (SSSR count). The van der Waals surface area contributed by atoms with Crippen molar-refractivity contribution in [2.45, 2.75) is 51.4 Å². The Hall–Kier alpha value is -2.83. The summed E-state index contributed by atoms with van der Waals surface area (Å²) in [5.74, 6) is -0.889. The van der Waals surface area contributed by atoms with E-state index in [-0.39, 0.29) is 35.2 Å². The Labute approximate surface area is 232 Å². The third kappa shape index (κ3) is 5.21. The first-order chi connectivity index (χ1) is 18.5. The zero-order chi connectivity index (χ0) is 28.1. The summed E-state index contributed by atoms with van der Waals surface area (Å²) >= 11 is 3.41. The van der Waals surface area contributed by atoms with Gasteiger partial charge < -0.3 is 14.4 Å². The van der Waals surface area contributed by atoms with Crippen molar-refractivity contribution in [3.63, 3.8) is 0 Å². The monoisotopic (exact) mass is 626 g/mol. The van der Waals surface area contributed by atoms with Gasteiger partial charge in [0.05, 0.1) is 33.4 Å². The molecule has 0 amide bonds. The van der Waals surface area contributed by atoms with E-state index in [4.69, 9.17) is 4.74 Å². The van der Waals surface area contributed by atoms with Crippen molar-refractivity contribution >= 4 is 48.0 Å². The number of aromatic hydroxyl groups is 1. The SMILES string of the molecule is CCOC(=O)c1c(C(c2cccc(C(F)(F)F)c2)=S(=O)=O)n(C2CC2)c2cc(Br)c(O)c(CN3CCCC3)c12. The topological polar surface area (TPSA) is 88.8 Å². The highest BCUT2D eigenvalue weighted by Crippen LogP contribution is 2.47. The molecule has 39 heavy (non-hydrogen) atoms. The number of halogens is 4. The predicted octanol–water partition coefficient (Wildman–Crippen LogP) is 5.68. The molecule has 2 heterocycles. The summed E-state index contributed by atoms with van der Waals surface area (Å²) in [6.45, 7) is 3.51. The Bertz CT molecular complexity index is 1600. The van der Waals surface area contributed by atoms with Crippen LogP contribution in [0.1, 0.15) is 71.4 Å². The van der Waals surface area contributed by atoms with Crippen LogP contribution in [-0.2, 0) is 27.8 Å². The molecule has 2 aromatic carbocycles. The first kappa shape index (κ1) is 27.7. The fraction of sp³-hybridized carbons (Fsp3) is 0.407. The maximum absolute atomic E-state index is 13.6. The highest BCUT2D eigenvalue weighted by molar-refractivity contribution is 9.10. The maximum atomic E-state index is 13.6. The third-order valence-corrected chi connectivity index (χ3v) is 8.49. The van der Waals surface area contributed by atoms with Gasteiger partial charge in [-0.05, 0) is 85.4 Å². The van der Waals surface area contributed by atoms with Crippen molar-refractivity contribution in [1.82, 2.24) is 9.47 Å². The first-order valence-corrected chi connectivity index (χ1v) is 14.5. The van der Waals surface area contributed by atoms with Gasteiger partial charge in [0, 0.05) is 23.5 Å². The Morgan fingerprint density at radius 2 is 1.87 bits per heavy atom. The molecule has 1 aliphatic carbocycles. The molecule has 2 fully saturated rings.